The van der Waals surface area contributed by atoms with E-state index in [2.05, 4.69) is 4.99 Å². The zero-order valence-electron chi connectivity index (χ0n) is 16.6. The van der Waals surface area contributed by atoms with Crippen molar-refractivity contribution in [3.63, 3.8) is 0 Å². The molecule has 2 heterocycles. The van der Waals surface area contributed by atoms with Crippen LogP contribution in [0.2, 0.25) is 0 Å². The molecule has 0 bridgehead atoms. The van der Waals surface area contributed by atoms with Crippen LogP contribution in [-0.4, -0.2) is 24.5 Å². The van der Waals surface area contributed by atoms with Gasteiger partial charge >= 0.3 is 13.3 Å². The second kappa shape index (κ2) is 6.60. The highest BCUT2D eigenvalue weighted by Crippen LogP contribution is 2.40. The molecule has 0 N–H and O–H groups in total. The minimum atomic E-state index is -4.47. The average molecular weight is 403 g/mol. The molecule has 2 aliphatic rings. The Kier molecular flexibility index (Phi) is 4.55. The summed E-state index contributed by atoms with van der Waals surface area (Å²) in [5.41, 5.74) is -0.678. The van der Waals surface area contributed by atoms with Gasteiger partial charge in [-0.2, -0.15) is 13.2 Å². The Labute approximate surface area is 167 Å². The first-order chi connectivity index (χ1) is 13.5. The number of nitrogens with zero attached hydrogens (tertiary/aromatic N) is 1. The van der Waals surface area contributed by atoms with Gasteiger partial charge in [0.15, 0.2) is 0 Å². The molecule has 0 aromatic heterocycles. The van der Waals surface area contributed by atoms with Gasteiger partial charge in [0.2, 0.25) is 0 Å². The third-order valence-electron chi connectivity index (χ3n) is 5.59. The van der Waals surface area contributed by atoms with Crippen molar-refractivity contribution < 1.29 is 27.2 Å². The largest absolute Gasteiger partial charge is 0.494 e. The quantitative estimate of drug-likeness (QED) is 0.681. The number of hydrogen-bond acceptors (Lipinski definition) is 4. The van der Waals surface area contributed by atoms with Gasteiger partial charge in [0, 0.05) is 6.21 Å². The molecule has 8 heteroatoms. The summed E-state index contributed by atoms with van der Waals surface area (Å²) in [4.78, 5) is 3.84. The van der Waals surface area contributed by atoms with Crippen LogP contribution in [0.15, 0.2) is 47.5 Å². The fourth-order valence-corrected chi connectivity index (χ4v) is 3.11. The van der Waals surface area contributed by atoms with E-state index in [-0.39, 0.29) is 11.3 Å². The second-order valence-corrected chi connectivity index (χ2v) is 8.25. The lowest BCUT2D eigenvalue weighted by Crippen LogP contribution is -2.41. The maximum atomic E-state index is 13.4. The topological polar surface area (TPSA) is 40.0 Å². The predicted molar refractivity (Wildman–Crippen MR) is 105 cm³/mol. The van der Waals surface area contributed by atoms with Crippen molar-refractivity contribution >= 4 is 18.8 Å². The van der Waals surface area contributed by atoms with Crippen molar-refractivity contribution in [2.45, 2.75) is 51.1 Å². The van der Waals surface area contributed by atoms with E-state index >= 15 is 0 Å². The van der Waals surface area contributed by atoms with Crippen molar-refractivity contribution in [1.82, 2.24) is 0 Å². The Morgan fingerprint density at radius 3 is 2.00 bits per heavy atom. The molecule has 0 radical (unpaired) electrons. The van der Waals surface area contributed by atoms with Gasteiger partial charge in [-0.15, -0.1) is 0 Å². The molecule has 2 aliphatic heterocycles. The monoisotopic (exact) mass is 403 g/mol. The smallest absolute Gasteiger partial charge is 0.457 e. The summed E-state index contributed by atoms with van der Waals surface area (Å²) >= 11 is 0. The van der Waals surface area contributed by atoms with Crippen LogP contribution in [0.4, 0.5) is 13.2 Å². The maximum absolute atomic E-state index is 13.4. The summed E-state index contributed by atoms with van der Waals surface area (Å²) in [5, 5.41) is 0. The van der Waals surface area contributed by atoms with Crippen molar-refractivity contribution in [2.24, 2.45) is 4.99 Å². The van der Waals surface area contributed by atoms with Crippen LogP contribution in [0.5, 0.6) is 11.5 Å². The molecule has 0 amide bonds. The third kappa shape index (κ3) is 3.91. The van der Waals surface area contributed by atoms with E-state index in [1.54, 1.807) is 24.3 Å². The molecule has 1 unspecified atom stereocenters. The number of benzene rings is 2. The Bertz CT molecular complexity index is 933. The molecule has 4 nitrogen and oxygen atoms in total. The molecule has 2 aromatic carbocycles. The minimum absolute atomic E-state index is 0.116. The van der Waals surface area contributed by atoms with Crippen LogP contribution >= 0.6 is 0 Å². The Hall–Kier alpha value is -2.32. The van der Waals surface area contributed by atoms with E-state index in [0.717, 1.165) is 11.5 Å². The van der Waals surface area contributed by atoms with Crippen LogP contribution in [-0.2, 0) is 15.5 Å². The Morgan fingerprint density at radius 1 is 0.931 bits per heavy atom. The summed E-state index contributed by atoms with van der Waals surface area (Å²) in [7, 11) is -0.510. The fourth-order valence-electron chi connectivity index (χ4n) is 3.11. The molecule has 4 rings (SSSR count). The highest BCUT2D eigenvalue weighted by Gasteiger charge is 2.51. The van der Waals surface area contributed by atoms with E-state index < -0.39 is 36.1 Å². The molecule has 0 spiro atoms. The van der Waals surface area contributed by atoms with Crippen LogP contribution in [0.1, 0.15) is 44.9 Å². The molecule has 0 aliphatic carbocycles. The molecule has 152 valence electrons. The molecule has 1 fully saturated rings. The molecule has 2 aromatic rings. The standard InChI is InChI=1S/C21H21BF3NO3/c1-19(2)20(3,4)29-22(28-19)13-5-7-14(8-6-13)27-15-9-10-16(18-12-26-18)17(11-15)21(23,24)25/h5-12,18H,1-4H3. The molecular formula is C21H21BF3NO3. The lowest BCUT2D eigenvalue weighted by molar-refractivity contribution is -0.138. The van der Waals surface area contributed by atoms with Crippen molar-refractivity contribution in [3.05, 3.63) is 53.6 Å². The molecule has 29 heavy (non-hydrogen) atoms. The van der Waals surface area contributed by atoms with E-state index in [1.165, 1.54) is 18.3 Å². The average Bonchev–Trinajstić information content (AvgIpc) is 3.42. The van der Waals surface area contributed by atoms with Gasteiger partial charge in [0.25, 0.3) is 0 Å². The summed E-state index contributed by atoms with van der Waals surface area (Å²) in [6, 6.07) is 10.4. The van der Waals surface area contributed by atoms with Gasteiger partial charge in [0.1, 0.15) is 17.5 Å². The second-order valence-electron chi connectivity index (χ2n) is 8.25. The number of ether oxygens (including phenoxy) is 1. The summed E-state index contributed by atoms with van der Waals surface area (Å²) < 4.78 is 57.8. The maximum Gasteiger partial charge on any atom is 0.494 e. The van der Waals surface area contributed by atoms with Crippen molar-refractivity contribution in [1.29, 1.82) is 0 Å². The third-order valence-corrected chi connectivity index (χ3v) is 5.59. The van der Waals surface area contributed by atoms with Crippen LogP contribution in [0, 0.1) is 0 Å². The molecule has 1 atom stereocenters. The minimum Gasteiger partial charge on any atom is -0.457 e. The number of hydrogen-bond donors (Lipinski definition) is 0. The van der Waals surface area contributed by atoms with Gasteiger partial charge in [-0.1, -0.05) is 18.2 Å². The molecule has 0 saturated carbocycles. The van der Waals surface area contributed by atoms with Crippen molar-refractivity contribution in [2.75, 3.05) is 0 Å². The first kappa shape index (κ1) is 20.0. The zero-order valence-corrected chi connectivity index (χ0v) is 16.6. The van der Waals surface area contributed by atoms with Gasteiger partial charge in [-0.05, 0) is 63.0 Å². The van der Waals surface area contributed by atoms with E-state index in [4.69, 9.17) is 14.0 Å². The van der Waals surface area contributed by atoms with Crippen LogP contribution in [0.3, 0.4) is 0 Å². The summed E-state index contributed by atoms with van der Waals surface area (Å²) in [5.74, 6) is 0.541. The summed E-state index contributed by atoms with van der Waals surface area (Å²) in [6.45, 7) is 7.89. The summed E-state index contributed by atoms with van der Waals surface area (Å²) in [6.07, 6.45) is -2.99. The predicted octanol–water partition coefficient (Wildman–Crippen LogP) is 4.92. The number of alkyl halides is 3. The Morgan fingerprint density at radius 2 is 1.48 bits per heavy atom. The molecule has 1 saturated heterocycles. The van der Waals surface area contributed by atoms with Crippen LogP contribution < -0.4 is 10.2 Å². The van der Waals surface area contributed by atoms with Gasteiger partial charge < -0.3 is 14.0 Å². The SMILES string of the molecule is CC1(C)OB(c2ccc(Oc3ccc(C4C=N4)c(C(F)(F)F)c3)cc2)OC1(C)C. The number of halogens is 3. The van der Waals surface area contributed by atoms with Crippen LogP contribution in [0.25, 0.3) is 0 Å². The van der Waals surface area contributed by atoms with Gasteiger partial charge in [-0.25, -0.2) is 0 Å². The first-order valence-corrected chi connectivity index (χ1v) is 9.34. The Balaban J connectivity index is 1.51. The van der Waals surface area contributed by atoms with Crippen molar-refractivity contribution in [3.8, 4) is 11.5 Å². The first-order valence-electron chi connectivity index (χ1n) is 9.34. The van der Waals surface area contributed by atoms with E-state index in [1.807, 2.05) is 27.7 Å². The highest BCUT2D eigenvalue weighted by molar-refractivity contribution is 6.62. The number of rotatable bonds is 4. The lowest BCUT2D eigenvalue weighted by Gasteiger charge is -2.32. The normalized spacial score (nSPS) is 22.0. The zero-order chi connectivity index (χ0) is 21.0. The highest BCUT2D eigenvalue weighted by atomic mass is 19.4. The van der Waals surface area contributed by atoms with E-state index in [0.29, 0.717) is 5.75 Å². The fraction of sp³-hybridized carbons (Fsp3) is 0.381. The van der Waals surface area contributed by atoms with Gasteiger partial charge in [-0.3, -0.25) is 4.99 Å². The lowest BCUT2D eigenvalue weighted by atomic mass is 9.79. The molecular weight excluding hydrogens is 382 g/mol. The van der Waals surface area contributed by atoms with E-state index in [9.17, 15) is 13.2 Å². The number of aliphatic imine (C=N–C) groups is 1. The van der Waals surface area contributed by atoms with Gasteiger partial charge in [0.05, 0.1) is 16.8 Å².